The number of aliphatic hydroxyl groups excluding tert-OH is 1. The fraction of sp³-hybridized carbons (Fsp3) is 0.500. The maximum Gasteiger partial charge on any atom is 0.311 e. The number of cyclic esters (lactones) is 1. The Balaban J connectivity index is 1.94. The third kappa shape index (κ3) is 7.23. The molecule has 11 heteroatoms. The number of ether oxygens (including phenoxy) is 1. The van der Waals surface area contributed by atoms with Gasteiger partial charge in [-0.2, -0.15) is 0 Å². The van der Waals surface area contributed by atoms with Crippen LogP contribution in [0.3, 0.4) is 0 Å². The Morgan fingerprint density at radius 2 is 1.95 bits per heavy atom. The summed E-state index contributed by atoms with van der Waals surface area (Å²) in [5.74, 6) is -3.17. The Morgan fingerprint density at radius 3 is 2.59 bits per heavy atom. The second-order valence-electron chi connectivity index (χ2n) is 9.70. The monoisotopic (exact) mass is 513 g/mol. The summed E-state index contributed by atoms with van der Waals surface area (Å²) in [4.78, 5) is 47.4. The van der Waals surface area contributed by atoms with Gasteiger partial charge in [0.15, 0.2) is 5.69 Å². The molecule has 11 nitrogen and oxygen atoms in total. The zero-order chi connectivity index (χ0) is 27.1. The Kier molecular flexibility index (Phi) is 9.54. The van der Waals surface area contributed by atoms with E-state index in [0.717, 1.165) is 5.56 Å². The molecule has 1 saturated heterocycles. The second-order valence-corrected chi connectivity index (χ2v) is 9.70. The standard InChI is InChI=1S/C26H35N5O6/c1-14(2)20-13-29-16(4)21(31-25(35)22-19(32)8-6-10-28-22)24(34)30-18(11-17-7-5-9-27-12-17)23(33)15(3)26(36)37-20/h5-10,12,14-16,18,20-21,23,29,32-33H,11,13H2,1-4H3,(H,30,34)(H,31,35). The number of carbonyl (C=O) groups is 3. The van der Waals surface area contributed by atoms with Gasteiger partial charge in [0, 0.05) is 31.2 Å². The van der Waals surface area contributed by atoms with Gasteiger partial charge >= 0.3 is 5.97 Å². The molecule has 37 heavy (non-hydrogen) atoms. The Morgan fingerprint density at radius 1 is 1.22 bits per heavy atom. The van der Waals surface area contributed by atoms with Gasteiger partial charge in [-0.1, -0.05) is 19.9 Å². The molecule has 0 aliphatic carbocycles. The molecule has 1 aliphatic rings. The zero-order valence-electron chi connectivity index (χ0n) is 21.4. The van der Waals surface area contributed by atoms with E-state index in [1.165, 1.54) is 18.3 Å². The molecule has 0 aromatic carbocycles. The van der Waals surface area contributed by atoms with Crippen molar-refractivity contribution >= 4 is 17.8 Å². The summed E-state index contributed by atoms with van der Waals surface area (Å²) >= 11 is 0. The second kappa shape index (κ2) is 12.6. The predicted octanol–water partition coefficient (Wildman–Crippen LogP) is 0.565. The van der Waals surface area contributed by atoms with Gasteiger partial charge in [0.25, 0.3) is 5.91 Å². The first kappa shape index (κ1) is 28.0. The topological polar surface area (TPSA) is 163 Å². The van der Waals surface area contributed by atoms with E-state index >= 15 is 0 Å². The molecule has 1 fully saturated rings. The van der Waals surface area contributed by atoms with E-state index in [2.05, 4.69) is 25.9 Å². The summed E-state index contributed by atoms with van der Waals surface area (Å²) in [6.07, 6.45) is 2.97. The molecule has 2 aromatic heterocycles. The number of rotatable bonds is 5. The molecule has 0 bridgehead atoms. The lowest BCUT2D eigenvalue weighted by Gasteiger charge is -2.34. The number of aliphatic hydroxyl groups is 1. The van der Waals surface area contributed by atoms with Gasteiger partial charge in [-0.3, -0.25) is 19.4 Å². The highest BCUT2D eigenvalue weighted by Crippen LogP contribution is 2.19. The van der Waals surface area contributed by atoms with E-state index in [-0.39, 0.29) is 30.3 Å². The van der Waals surface area contributed by atoms with E-state index in [4.69, 9.17) is 4.74 Å². The van der Waals surface area contributed by atoms with Gasteiger partial charge in [-0.15, -0.1) is 0 Å². The number of nitrogens with zero attached hydrogens (tertiary/aromatic N) is 2. The van der Waals surface area contributed by atoms with Crippen molar-refractivity contribution in [3.63, 3.8) is 0 Å². The van der Waals surface area contributed by atoms with Gasteiger partial charge < -0.3 is 30.9 Å². The van der Waals surface area contributed by atoms with Gasteiger partial charge in [0.05, 0.1) is 18.1 Å². The number of aromatic hydroxyl groups is 1. The molecule has 2 aromatic rings. The quantitative estimate of drug-likeness (QED) is 0.360. The van der Waals surface area contributed by atoms with Crippen LogP contribution in [0.2, 0.25) is 0 Å². The maximum absolute atomic E-state index is 13.6. The average molecular weight is 514 g/mol. The van der Waals surface area contributed by atoms with Crippen molar-refractivity contribution in [2.75, 3.05) is 6.54 Å². The number of aromatic nitrogens is 2. The third-order valence-electron chi connectivity index (χ3n) is 6.53. The summed E-state index contributed by atoms with van der Waals surface area (Å²) in [5.41, 5.74) is 0.521. The SMILES string of the molecule is CC(C)C1CNC(C)C(NC(=O)c2ncccc2O)C(=O)NC(Cc2cccnc2)C(O)C(C)C(=O)O1. The fourth-order valence-corrected chi connectivity index (χ4v) is 4.08. The van der Waals surface area contributed by atoms with Crippen LogP contribution in [0.1, 0.15) is 43.7 Å². The smallest absolute Gasteiger partial charge is 0.311 e. The molecule has 0 saturated carbocycles. The predicted molar refractivity (Wildman–Crippen MR) is 134 cm³/mol. The van der Waals surface area contributed by atoms with E-state index in [9.17, 15) is 24.6 Å². The number of pyridine rings is 2. The first-order chi connectivity index (χ1) is 17.6. The summed E-state index contributed by atoms with van der Waals surface area (Å²) in [6.45, 7) is 7.29. The molecule has 0 spiro atoms. The molecule has 200 valence electrons. The van der Waals surface area contributed by atoms with Crippen molar-refractivity contribution in [1.29, 1.82) is 0 Å². The minimum absolute atomic E-state index is 0.0468. The van der Waals surface area contributed by atoms with E-state index < -0.39 is 54.0 Å². The lowest BCUT2D eigenvalue weighted by atomic mass is 9.92. The lowest BCUT2D eigenvalue weighted by Crippen LogP contribution is -2.61. The van der Waals surface area contributed by atoms with Crippen LogP contribution in [0.5, 0.6) is 5.75 Å². The molecular formula is C26H35N5O6. The normalized spacial score (nSPS) is 27.4. The van der Waals surface area contributed by atoms with Crippen molar-refractivity contribution in [3.05, 3.63) is 54.1 Å². The van der Waals surface area contributed by atoms with Crippen molar-refractivity contribution < 1.29 is 29.3 Å². The van der Waals surface area contributed by atoms with Gasteiger partial charge in [0.2, 0.25) is 5.91 Å². The largest absolute Gasteiger partial charge is 0.505 e. The van der Waals surface area contributed by atoms with Crippen molar-refractivity contribution in [1.82, 2.24) is 25.9 Å². The van der Waals surface area contributed by atoms with E-state index in [0.29, 0.717) is 0 Å². The highest BCUT2D eigenvalue weighted by Gasteiger charge is 2.37. The highest BCUT2D eigenvalue weighted by atomic mass is 16.5. The number of amides is 2. The number of carbonyl (C=O) groups excluding carboxylic acids is 3. The average Bonchev–Trinajstić information content (AvgIpc) is 2.88. The third-order valence-corrected chi connectivity index (χ3v) is 6.53. The van der Waals surface area contributed by atoms with Crippen molar-refractivity contribution in [2.24, 2.45) is 11.8 Å². The van der Waals surface area contributed by atoms with Crippen LogP contribution in [0, 0.1) is 11.8 Å². The number of esters is 1. The van der Waals surface area contributed by atoms with Crippen LogP contribution in [0.25, 0.3) is 0 Å². The molecule has 3 heterocycles. The lowest BCUT2D eigenvalue weighted by molar-refractivity contribution is -0.160. The summed E-state index contributed by atoms with van der Waals surface area (Å²) in [6, 6.07) is 3.75. The van der Waals surface area contributed by atoms with E-state index in [1.807, 2.05) is 13.8 Å². The van der Waals surface area contributed by atoms with Gasteiger partial charge in [-0.05, 0) is 49.9 Å². The zero-order valence-corrected chi connectivity index (χ0v) is 21.4. The summed E-state index contributed by atoms with van der Waals surface area (Å²) in [5, 5.41) is 29.9. The Bertz CT molecular complexity index is 1080. The van der Waals surface area contributed by atoms with Crippen LogP contribution < -0.4 is 16.0 Å². The summed E-state index contributed by atoms with van der Waals surface area (Å²) < 4.78 is 5.73. The first-order valence-electron chi connectivity index (χ1n) is 12.3. The molecule has 5 N–H and O–H groups in total. The molecule has 6 atom stereocenters. The first-order valence-corrected chi connectivity index (χ1v) is 12.3. The molecule has 6 unspecified atom stereocenters. The molecule has 1 aliphatic heterocycles. The Labute approximate surface area is 216 Å². The highest BCUT2D eigenvalue weighted by molar-refractivity contribution is 5.98. The van der Waals surface area contributed by atoms with Crippen LogP contribution in [-0.4, -0.2) is 74.8 Å². The Hall–Kier alpha value is -3.57. The number of nitrogens with one attached hydrogen (secondary N) is 3. The van der Waals surface area contributed by atoms with Crippen molar-refractivity contribution in [3.8, 4) is 5.75 Å². The molecule has 2 amide bonds. The summed E-state index contributed by atoms with van der Waals surface area (Å²) in [7, 11) is 0. The van der Waals surface area contributed by atoms with Gasteiger partial charge in [0.1, 0.15) is 17.9 Å². The van der Waals surface area contributed by atoms with Crippen LogP contribution in [0.4, 0.5) is 0 Å². The van der Waals surface area contributed by atoms with Crippen LogP contribution in [-0.2, 0) is 20.7 Å². The van der Waals surface area contributed by atoms with Crippen LogP contribution in [0.15, 0.2) is 42.9 Å². The molecular weight excluding hydrogens is 478 g/mol. The van der Waals surface area contributed by atoms with Gasteiger partial charge in [-0.25, -0.2) is 4.98 Å². The molecule has 3 rings (SSSR count). The van der Waals surface area contributed by atoms with Crippen LogP contribution >= 0.6 is 0 Å². The maximum atomic E-state index is 13.6. The van der Waals surface area contributed by atoms with Crippen molar-refractivity contribution in [2.45, 2.75) is 64.4 Å². The minimum atomic E-state index is -1.27. The number of hydrogen-bond acceptors (Lipinski definition) is 9. The molecule has 0 radical (unpaired) electrons. The fourth-order valence-electron chi connectivity index (χ4n) is 4.08. The minimum Gasteiger partial charge on any atom is -0.505 e. The van der Waals surface area contributed by atoms with E-state index in [1.54, 1.807) is 38.4 Å². The number of hydrogen-bond donors (Lipinski definition) is 5.